The summed E-state index contributed by atoms with van der Waals surface area (Å²) in [7, 11) is 0. The van der Waals surface area contributed by atoms with Gasteiger partial charge in [-0.25, -0.2) is 0 Å². The van der Waals surface area contributed by atoms with E-state index >= 15 is 0 Å². The average Bonchev–Trinajstić information content (AvgIpc) is 2.18. The Labute approximate surface area is 92.4 Å². The molecular formula is C12H23NO2. The van der Waals surface area contributed by atoms with E-state index in [-0.39, 0.29) is 18.1 Å². The lowest BCUT2D eigenvalue weighted by molar-refractivity contribution is -0.150. The fourth-order valence-electron chi connectivity index (χ4n) is 2.00. The second kappa shape index (κ2) is 6.83. The van der Waals surface area contributed by atoms with Crippen molar-refractivity contribution in [3.8, 4) is 0 Å². The van der Waals surface area contributed by atoms with Gasteiger partial charge in [-0.1, -0.05) is 6.42 Å². The van der Waals surface area contributed by atoms with Crippen LogP contribution in [0, 0.1) is 0 Å². The van der Waals surface area contributed by atoms with E-state index in [0.717, 1.165) is 25.7 Å². The zero-order valence-electron chi connectivity index (χ0n) is 9.71. The van der Waals surface area contributed by atoms with Gasteiger partial charge in [0.2, 0.25) is 0 Å². The van der Waals surface area contributed by atoms with E-state index in [2.05, 4.69) is 0 Å². The van der Waals surface area contributed by atoms with E-state index in [1.807, 2.05) is 6.92 Å². The van der Waals surface area contributed by atoms with Gasteiger partial charge in [0.25, 0.3) is 0 Å². The van der Waals surface area contributed by atoms with E-state index in [1.54, 1.807) is 0 Å². The number of hydrogen-bond acceptors (Lipinski definition) is 3. The molecule has 88 valence electrons. The number of carbonyl (C=O) groups is 1. The average molecular weight is 213 g/mol. The lowest BCUT2D eigenvalue weighted by Crippen LogP contribution is -2.21. The minimum absolute atomic E-state index is 0.0393. The van der Waals surface area contributed by atoms with Crippen LogP contribution >= 0.6 is 0 Å². The molecule has 15 heavy (non-hydrogen) atoms. The molecule has 0 amide bonds. The second-order valence-corrected chi connectivity index (χ2v) is 4.62. The van der Waals surface area contributed by atoms with Crippen LogP contribution in [0.15, 0.2) is 0 Å². The molecule has 0 bridgehead atoms. The molecule has 2 N–H and O–H groups in total. The Kier molecular flexibility index (Phi) is 5.69. The van der Waals surface area contributed by atoms with Gasteiger partial charge in [-0.3, -0.25) is 4.79 Å². The van der Waals surface area contributed by atoms with Crippen LogP contribution in [0.3, 0.4) is 0 Å². The molecule has 1 aliphatic carbocycles. The summed E-state index contributed by atoms with van der Waals surface area (Å²) in [6, 6.07) is 0.187. The third-order valence-electron chi connectivity index (χ3n) is 2.89. The molecule has 0 spiro atoms. The summed E-state index contributed by atoms with van der Waals surface area (Å²) >= 11 is 0. The summed E-state index contributed by atoms with van der Waals surface area (Å²) in [5.74, 6) is -0.0393. The standard InChI is InChI=1S/C12H23NO2/c1-10(13)6-5-9-12(14)15-11-7-3-2-4-8-11/h10-11H,2-9,13H2,1H3. The zero-order chi connectivity index (χ0) is 11.1. The maximum Gasteiger partial charge on any atom is 0.306 e. The highest BCUT2D eigenvalue weighted by molar-refractivity contribution is 5.69. The van der Waals surface area contributed by atoms with Crippen LogP contribution < -0.4 is 5.73 Å². The third kappa shape index (κ3) is 5.78. The number of nitrogens with two attached hydrogens (primary N) is 1. The summed E-state index contributed by atoms with van der Waals surface area (Å²) < 4.78 is 5.39. The monoisotopic (exact) mass is 213 g/mol. The van der Waals surface area contributed by atoms with Crippen molar-refractivity contribution in [2.24, 2.45) is 5.73 Å². The lowest BCUT2D eigenvalue weighted by Gasteiger charge is -2.21. The Hall–Kier alpha value is -0.570. The molecule has 1 saturated carbocycles. The van der Waals surface area contributed by atoms with Crippen molar-refractivity contribution in [2.75, 3.05) is 0 Å². The van der Waals surface area contributed by atoms with E-state index in [9.17, 15) is 4.79 Å². The molecule has 1 atom stereocenters. The molecule has 1 unspecified atom stereocenters. The van der Waals surface area contributed by atoms with Crippen LogP contribution in [0.5, 0.6) is 0 Å². The molecule has 0 aromatic rings. The largest absolute Gasteiger partial charge is 0.462 e. The Morgan fingerprint density at radius 1 is 1.40 bits per heavy atom. The summed E-state index contributed by atoms with van der Waals surface area (Å²) in [6.45, 7) is 1.96. The first kappa shape index (κ1) is 12.5. The fraction of sp³-hybridized carbons (Fsp3) is 0.917. The molecular weight excluding hydrogens is 190 g/mol. The summed E-state index contributed by atoms with van der Waals surface area (Å²) in [6.07, 6.45) is 8.29. The van der Waals surface area contributed by atoms with Crippen LogP contribution in [0.2, 0.25) is 0 Å². The van der Waals surface area contributed by atoms with Crippen molar-refractivity contribution < 1.29 is 9.53 Å². The fourth-order valence-corrected chi connectivity index (χ4v) is 2.00. The summed E-state index contributed by atoms with van der Waals surface area (Å²) in [5.41, 5.74) is 5.61. The van der Waals surface area contributed by atoms with Crippen LogP contribution in [0.1, 0.15) is 58.3 Å². The quantitative estimate of drug-likeness (QED) is 0.713. The van der Waals surface area contributed by atoms with Crippen molar-refractivity contribution in [1.82, 2.24) is 0 Å². The smallest absolute Gasteiger partial charge is 0.306 e. The summed E-state index contributed by atoms with van der Waals surface area (Å²) in [5, 5.41) is 0. The summed E-state index contributed by atoms with van der Waals surface area (Å²) in [4.78, 5) is 11.4. The Morgan fingerprint density at radius 3 is 2.67 bits per heavy atom. The van der Waals surface area contributed by atoms with Gasteiger partial charge in [0.05, 0.1) is 0 Å². The normalized spacial score (nSPS) is 19.9. The van der Waals surface area contributed by atoms with Crippen molar-refractivity contribution >= 4 is 5.97 Å². The minimum Gasteiger partial charge on any atom is -0.462 e. The van der Waals surface area contributed by atoms with Crippen molar-refractivity contribution in [1.29, 1.82) is 0 Å². The Morgan fingerprint density at radius 2 is 2.07 bits per heavy atom. The van der Waals surface area contributed by atoms with Gasteiger partial charge in [-0.2, -0.15) is 0 Å². The zero-order valence-corrected chi connectivity index (χ0v) is 9.71. The molecule has 0 radical (unpaired) electrons. The van der Waals surface area contributed by atoms with E-state index in [0.29, 0.717) is 6.42 Å². The first-order chi connectivity index (χ1) is 7.18. The van der Waals surface area contributed by atoms with E-state index < -0.39 is 0 Å². The highest BCUT2D eigenvalue weighted by Gasteiger charge is 2.17. The number of carbonyl (C=O) groups excluding carboxylic acids is 1. The minimum atomic E-state index is -0.0393. The van der Waals surface area contributed by atoms with Gasteiger partial charge in [0.15, 0.2) is 0 Å². The van der Waals surface area contributed by atoms with Crippen LogP contribution in [-0.4, -0.2) is 18.1 Å². The van der Waals surface area contributed by atoms with Crippen molar-refractivity contribution in [3.63, 3.8) is 0 Å². The first-order valence-electron chi connectivity index (χ1n) is 6.13. The maximum atomic E-state index is 11.4. The van der Waals surface area contributed by atoms with Crippen molar-refractivity contribution in [3.05, 3.63) is 0 Å². The van der Waals surface area contributed by atoms with Gasteiger partial charge in [0.1, 0.15) is 6.10 Å². The predicted molar refractivity (Wildman–Crippen MR) is 60.5 cm³/mol. The van der Waals surface area contributed by atoms with E-state index in [4.69, 9.17) is 10.5 Å². The molecule has 0 saturated heterocycles. The lowest BCUT2D eigenvalue weighted by atomic mass is 9.98. The molecule has 3 nitrogen and oxygen atoms in total. The molecule has 0 aromatic carbocycles. The molecule has 3 heteroatoms. The Balaban J connectivity index is 2.06. The van der Waals surface area contributed by atoms with Crippen molar-refractivity contribution in [2.45, 2.75) is 70.4 Å². The molecule has 0 heterocycles. The second-order valence-electron chi connectivity index (χ2n) is 4.62. The maximum absolute atomic E-state index is 11.4. The Bertz CT molecular complexity index is 186. The van der Waals surface area contributed by atoms with Gasteiger partial charge in [-0.15, -0.1) is 0 Å². The van der Waals surface area contributed by atoms with Gasteiger partial charge in [0, 0.05) is 12.5 Å². The number of ether oxygens (including phenoxy) is 1. The highest BCUT2D eigenvalue weighted by Crippen LogP contribution is 2.20. The number of hydrogen-bond donors (Lipinski definition) is 1. The van der Waals surface area contributed by atoms with Gasteiger partial charge < -0.3 is 10.5 Å². The third-order valence-corrected chi connectivity index (χ3v) is 2.89. The topological polar surface area (TPSA) is 52.3 Å². The molecule has 0 aromatic heterocycles. The van der Waals surface area contributed by atoms with Gasteiger partial charge in [-0.05, 0) is 45.4 Å². The SMILES string of the molecule is CC(N)CCCC(=O)OC1CCCCC1. The number of esters is 1. The van der Waals surface area contributed by atoms with Crippen LogP contribution in [0.4, 0.5) is 0 Å². The first-order valence-corrected chi connectivity index (χ1v) is 6.13. The molecule has 1 aliphatic rings. The molecule has 1 rings (SSSR count). The molecule has 1 fully saturated rings. The predicted octanol–water partition coefficient (Wildman–Crippen LogP) is 2.38. The molecule has 0 aliphatic heterocycles. The van der Waals surface area contributed by atoms with E-state index in [1.165, 1.54) is 19.3 Å². The van der Waals surface area contributed by atoms with Crippen LogP contribution in [0.25, 0.3) is 0 Å². The van der Waals surface area contributed by atoms with Gasteiger partial charge >= 0.3 is 5.97 Å². The number of rotatable bonds is 5. The van der Waals surface area contributed by atoms with Crippen LogP contribution in [-0.2, 0) is 9.53 Å². The highest BCUT2D eigenvalue weighted by atomic mass is 16.5.